The molecule has 0 bridgehead atoms. The van der Waals surface area contributed by atoms with Gasteiger partial charge >= 0.3 is 12.8 Å². The van der Waals surface area contributed by atoms with Crippen molar-refractivity contribution >= 4 is 29.9 Å². The number of esters is 1. The molecule has 0 amide bonds. The van der Waals surface area contributed by atoms with Gasteiger partial charge in [0.25, 0.3) is 0 Å². The zero-order valence-electron chi connectivity index (χ0n) is 13.5. The lowest BCUT2D eigenvalue weighted by molar-refractivity contribution is -0.149. The fourth-order valence-electron chi connectivity index (χ4n) is 2.37. The predicted octanol–water partition coefficient (Wildman–Crippen LogP) is 3.74. The van der Waals surface area contributed by atoms with Crippen LogP contribution in [0.1, 0.15) is 52.9 Å². The molecule has 0 spiro atoms. The number of carbonyl (C=O) groups excluding carboxylic acids is 2. The van der Waals surface area contributed by atoms with Crippen molar-refractivity contribution in [2.24, 2.45) is 0 Å². The van der Waals surface area contributed by atoms with Gasteiger partial charge in [-0.3, -0.25) is 9.59 Å². The first kappa shape index (κ1) is 19.7. The molecular formula is C14H25O6PS. The Morgan fingerprint density at radius 1 is 1.14 bits per heavy atom. The van der Waals surface area contributed by atoms with Gasteiger partial charge in [0, 0.05) is 6.42 Å². The number of ketones is 1. The van der Waals surface area contributed by atoms with Crippen molar-refractivity contribution in [1.29, 1.82) is 0 Å². The second-order valence-corrected chi connectivity index (χ2v) is 9.09. The van der Waals surface area contributed by atoms with Gasteiger partial charge in [0.1, 0.15) is 0 Å². The summed E-state index contributed by atoms with van der Waals surface area (Å²) in [6, 6.07) is 0. The average molecular weight is 352 g/mol. The Balaban J connectivity index is 3.15. The largest absolute Gasteiger partial charge is 0.465 e. The number of carbonyl (C=O) groups is 2. The predicted molar refractivity (Wildman–Crippen MR) is 85.9 cm³/mol. The summed E-state index contributed by atoms with van der Waals surface area (Å²) in [5, 5.41) is 0. The van der Waals surface area contributed by atoms with Crippen LogP contribution < -0.4 is 0 Å². The lowest BCUT2D eigenvalue weighted by Gasteiger charge is -2.30. The van der Waals surface area contributed by atoms with E-state index in [1.807, 2.05) is 0 Å². The van der Waals surface area contributed by atoms with Crippen molar-refractivity contribution < 1.29 is 27.9 Å². The minimum atomic E-state index is -3.59. The standard InChI is InChI=1S/C14H25O6PS/c1-4-18-13(16)14(11-9-7-8-10-12(14)15)22-21(17,19-5-2)20-6-3/h4-11H2,1-3H3. The van der Waals surface area contributed by atoms with Crippen molar-refractivity contribution in [3.63, 3.8) is 0 Å². The summed E-state index contributed by atoms with van der Waals surface area (Å²) < 4.78 is 26.9. The molecule has 1 fully saturated rings. The zero-order chi connectivity index (χ0) is 16.6. The molecule has 8 heteroatoms. The van der Waals surface area contributed by atoms with E-state index in [1.54, 1.807) is 20.8 Å². The van der Waals surface area contributed by atoms with Gasteiger partial charge in [-0.25, -0.2) is 4.57 Å². The van der Waals surface area contributed by atoms with E-state index in [4.69, 9.17) is 13.8 Å². The fraction of sp³-hybridized carbons (Fsp3) is 0.857. The van der Waals surface area contributed by atoms with E-state index >= 15 is 0 Å². The summed E-state index contributed by atoms with van der Waals surface area (Å²) in [5.74, 6) is -0.875. The summed E-state index contributed by atoms with van der Waals surface area (Å²) in [7, 11) is 0. The molecule has 1 unspecified atom stereocenters. The highest BCUT2D eigenvalue weighted by molar-refractivity contribution is 8.56. The molecule has 0 aromatic rings. The van der Waals surface area contributed by atoms with Crippen molar-refractivity contribution in [3.8, 4) is 0 Å². The Labute approximate surface area is 135 Å². The van der Waals surface area contributed by atoms with E-state index in [0.717, 1.165) is 24.2 Å². The summed E-state index contributed by atoms with van der Waals surface area (Å²) in [5.41, 5.74) is 0. The first-order valence-corrected chi connectivity index (χ1v) is 10.7. The number of Topliss-reactive ketones (excluding diaryl/α,β-unsaturated/α-hetero) is 1. The Hall–Kier alpha value is -0.360. The highest BCUT2D eigenvalue weighted by Crippen LogP contribution is 2.66. The molecule has 0 aliphatic heterocycles. The van der Waals surface area contributed by atoms with Crippen LogP contribution >= 0.6 is 18.2 Å². The van der Waals surface area contributed by atoms with Crippen LogP contribution in [0.25, 0.3) is 0 Å². The number of hydrogen-bond acceptors (Lipinski definition) is 7. The Kier molecular flexibility index (Phi) is 8.11. The van der Waals surface area contributed by atoms with Gasteiger partial charge in [-0.2, -0.15) is 0 Å². The second-order valence-electron chi connectivity index (χ2n) is 4.91. The maximum Gasteiger partial charge on any atom is 0.390 e. The quantitative estimate of drug-likeness (QED) is 0.285. The molecule has 1 rings (SSSR count). The summed E-state index contributed by atoms with van der Waals surface area (Å²) in [6.07, 6.45) is 2.88. The van der Waals surface area contributed by atoms with Crippen molar-refractivity contribution in [2.75, 3.05) is 19.8 Å². The highest BCUT2D eigenvalue weighted by Gasteiger charge is 2.53. The molecular weight excluding hydrogens is 327 g/mol. The smallest absolute Gasteiger partial charge is 0.390 e. The lowest BCUT2D eigenvalue weighted by atomic mass is 9.98. The molecule has 0 aromatic carbocycles. The number of ether oxygens (including phenoxy) is 1. The first-order valence-electron chi connectivity index (χ1n) is 7.74. The van der Waals surface area contributed by atoms with E-state index < -0.39 is 17.5 Å². The van der Waals surface area contributed by atoms with E-state index in [9.17, 15) is 14.2 Å². The van der Waals surface area contributed by atoms with E-state index in [2.05, 4.69) is 0 Å². The molecule has 0 radical (unpaired) electrons. The molecule has 0 heterocycles. The summed E-state index contributed by atoms with van der Waals surface area (Å²) in [6.45, 7) is 2.00. The van der Waals surface area contributed by atoms with Crippen LogP contribution in [-0.4, -0.2) is 36.3 Å². The molecule has 0 N–H and O–H groups in total. The number of rotatable bonds is 8. The molecule has 6 nitrogen and oxygen atoms in total. The highest BCUT2D eigenvalue weighted by atomic mass is 32.7. The minimum Gasteiger partial charge on any atom is -0.465 e. The van der Waals surface area contributed by atoms with Gasteiger partial charge in [-0.05, 0) is 45.0 Å². The van der Waals surface area contributed by atoms with Gasteiger partial charge in [-0.15, -0.1) is 0 Å². The van der Waals surface area contributed by atoms with Crippen LogP contribution in [-0.2, 0) is 27.9 Å². The monoisotopic (exact) mass is 352 g/mol. The van der Waals surface area contributed by atoms with Crippen LogP contribution in [0.15, 0.2) is 0 Å². The summed E-state index contributed by atoms with van der Waals surface area (Å²) >= 11 is 0.721. The molecule has 1 saturated carbocycles. The molecule has 1 aliphatic rings. The second kappa shape index (κ2) is 9.06. The van der Waals surface area contributed by atoms with Crippen LogP contribution in [0.5, 0.6) is 0 Å². The van der Waals surface area contributed by atoms with Crippen molar-refractivity contribution in [2.45, 2.75) is 57.6 Å². The van der Waals surface area contributed by atoms with Gasteiger partial charge in [0.05, 0.1) is 19.8 Å². The van der Waals surface area contributed by atoms with Crippen molar-refractivity contribution in [1.82, 2.24) is 0 Å². The molecule has 0 saturated heterocycles. The van der Waals surface area contributed by atoms with Crippen LogP contribution in [0.4, 0.5) is 0 Å². The van der Waals surface area contributed by atoms with Crippen LogP contribution in [0.2, 0.25) is 0 Å². The fourth-order valence-corrected chi connectivity index (χ4v) is 7.04. The van der Waals surface area contributed by atoms with E-state index in [-0.39, 0.29) is 32.0 Å². The van der Waals surface area contributed by atoms with Crippen LogP contribution in [0.3, 0.4) is 0 Å². The number of hydrogen-bond donors (Lipinski definition) is 0. The molecule has 1 atom stereocenters. The SMILES string of the molecule is CCOC(=O)C1(SP(=O)(OCC)OCC)CCCCCC1=O. The van der Waals surface area contributed by atoms with Gasteiger partial charge < -0.3 is 13.8 Å². The Bertz CT molecular complexity index is 431. The third-order valence-electron chi connectivity index (χ3n) is 3.33. The third kappa shape index (κ3) is 4.82. The molecule has 22 heavy (non-hydrogen) atoms. The average Bonchev–Trinajstić information content (AvgIpc) is 2.63. The normalized spacial score (nSPS) is 23.1. The zero-order valence-corrected chi connectivity index (χ0v) is 15.2. The topological polar surface area (TPSA) is 78.9 Å². The van der Waals surface area contributed by atoms with Gasteiger partial charge in [0.15, 0.2) is 10.5 Å². The van der Waals surface area contributed by atoms with Gasteiger partial charge in [0.2, 0.25) is 0 Å². The van der Waals surface area contributed by atoms with E-state index in [0.29, 0.717) is 12.8 Å². The Morgan fingerprint density at radius 3 is 2.32 bits per heavy atom. The lowest BCUT2D eigenvalue weighted by Crippen LogP contribution is -2.44. The van der Waals surface area contributed by atoms with E-state index in [1.165, 1.54) is 0 Å². The maximum atomic E-state index is 12.8. The maximum absolute atomic E-state index is 12.8. The van der Waals surface area contributed by atoms with Crippen molar-refractivity contribution in [3.05, 3.63) is 0 Å². The molecule has 128 valence electrons. The minimum absolute atomic E-state index is 0.169. The summed E-state index contributed by atoms with van der Waals surface area (Å²) in [4.78, 5) is 25.1. The van der Waals surface area contributed by atoms with Gasteiger partial charge in [-0.1, -0.05) is 12.8 Å². The first-order chi connectivity index (χ1) is 10.4. The van der Waals surface area contributed by atoms with Crippen LogP contribution in [0, 0.1) is 0 Å². The molecule has 1 aliphatic carbocycles. The third-order valence-corrected chi connectivity index (χ3v) is 7.85. The molecule has 0 aromatic heterocycles. The Morgan fingerprint density at radius 2 is 1.77 bits per heavy atom.